The molecule has 0 aromatic heterocycles. The lowest BCUT2D eigenvalue weighted by atomic mass is 9.77. The molecule has 0 N–H and O–H groups in total. The second-order valence-electron chi connectivity index (χ2n) is 9.77. The minimum atomic E-state index is -4.46. The minimum absolute atomic E-state index is 0.0539. The van der Waals surface area contributed by atoms with Gasteiger partial charge in [-0.25, -0.2) is 0 Å². The van der Waals surface area contributed by atoms with E-state index in [-0.39, 0.29) is 30.4 Å². The number of hydrogen-bond acceptors (Lipinski definition) is 3. The Morgan fingerprint density at radius 2 is 1.53 bits per heavy atom. The highest BCUT2D eigenvalue weighted by Gasteiger charge is 2.41. The highest BCUT2D eigenvalue weighted by Crippen LogP contribution is 2.37. The van der Waals surface area contributed by atoms with Crippen molar-refractivity contribution in [3.05, 3.63) is 64.7 Å². The zero-order chi connectivity index (χ0) is 25.8. The van der Waals surface area contributed by atoms with Gasteiger partial charge in [0, 0.05) is 48.6 Å². The van der Waals surface area contributed by atoms with Crippen molar-refractivity contribution in [2.24, 2.45) is 5.41 Å². The quantitative estimate of drug-likeness (QED) is 0.463. The van der Waals surface area contributed by atoms with E-state index in [1.165, 1.54) is 12.1 Å². The highest BCUT2D eigenvalue weighted by atomic mass is 35.5. The van der Waals surface area contributed by atoms with Gasteiger partial charge in [-0.15, -0.1) is 0 Å². The molecule has 0 saturated carbocycles. The molecular weight excluding hydrogens is 493 g/mol. The molecule has 2 saturated heterocycles. The summed E-state index contributed by atoms with van der Waals surface area (Å²) in [5, 5.41) is 0.586. The minimum Gasteiger partial charge on any atom is -0.493 e. The zero-order valence-corrected chi connectivity index (χ0v) is 20.8. The van der Waals surface area contributed by atoms with Crippen LogP contribution in [-0.2, 0) is 11.0 Å². The van der Waals surface area contributed by atoms with Crippen LogP contribution in [0.3, 0.4) is 0 Å². The summed E-state index contributed by atoms with van der Waals surface area (Å²) in [7, 11) is 0. The highest BCUT2D eigenvalue weighted by molar-refractivity contribution is 6.30. The summed E-state index contributed by atoms with van der Waals surface area (Å²) >= 11 is 5.98. The molecule has 0 unspecified atom stereocenters. The molecule has 194 valence electrons. The third-order valence-corrected chi connectivity index (χ3v) is 7.25. The number of piperidine rings is 2. The van der Waals surface area contributed by atoms with Crippen molar-refractivity contribution in [2.45, 2.75) is 44.7 Å². The zero-order valence-electron chi connectivity index (χ0n) is 20.0. The Morgan fingerprint density at radius 3 is 2.17 bits per heavy atom. The van der Waals surface area contributed by atoms with E-state index in [2.05, 4.69) is 0 Å². The standard InChI is InChI=1S/C27H30ClF3N2O3/c28-22-9-11-23(12-10-22)36-19-26(17-24(34)32-14-2-1-3-15-32)13-4-16-33(18-26)25(35)20-5-7-21(8-6-20)27(29,30)31/h5-12H,1-4,13-19H2/t26-/m1/s1. The Kier molecular flexibility index (Phi) is 8.13. The van der Waals surface area contributed by atoms with E-state index in [9.17, 15) is 22.8 Å². The first-order valence-electron chi connectivity index (χ1n) is 12.3. The third-order valence-electron chi connectivity index (χ3n) is 7.00. The molecule has 9 heteroatoms. The lowest BCUT2D eigenvalue weighted by molar-refractivity contribution is -0.137. The SMILES string of the molecule is O=C(C[C@]1(COc2ccc(Cl)cc2)CCCN(C(=O)c2ccc(C(F)(F)F)cc2)C1)N1CCCCC1. The molecule has 2 fully saturated rings. The summed E-state index contributed by atoms with van der Waals surface area (Å²) in [5.74, 6) is 0.332. The molecule has 1 atom stereocenters. The first-order chi connectivity index (χ1) is 17.2. The van der Waals surface area contributed by atoms with Gasteiger partial charge in [-0.2, -0.15) is 13.2 Å². The van der Waals surface area contributed by atoms with Crippen molar-refractivity contribution in [3.63, 3.8) is 0 Å². The summed E-state index contributed by atoms with van der Waals surface area (Å²) < 4.78 is 44.9. The van der Waals surface area contributed by atoms with Crippen molar-refractivity contribution in [3.8, 4) is 5.75 Å². The largest absolute Gasteiger partial charge is 0.493 e. The molecule has 0 bridgehead atoms. The molecule has 0 radical (unpaired) electrons. The fourth-order valence-corrected chi connectivity index (χ4v) is 5.15. The molecule has 2 aliphatic rings. The maximum absolute atomic E-state index is 13.2. The second kappa shape index (κ2) is 11.1. The fraction of sp³-hybridized carbons (Fsp3) is 0.481. The molecule has 2 aromatic carbocycles. The Balaban J connectivity index is 1.52. The Morgan fingerprint density at radius 1 is 0.889 bits per heavy atom. The molecule has 2 amide bonds. The van der Waals surface area contributed by atoms with Crippen LogP contribution in [-0.4, -0.2) is 54.4 Å². The van der Waals surface area contributed by atoms with E-state index < -0.39 is 17.2 Å². The van der Waals surface area contributed by atoms with Crippen molar-refractivity contribution in [1.29, 1.82) is 0 Å². The van der Waals surface area contributed by atoms with Crippen LogP contribution in [0.1, 0.15) is 54.4 Å². The van der Waals surface area contributed by atoms with Gasteiger partial charge in [-0.05, 0) is 80.6 Å². The van der Waals surface area contributed by atoms with Crippen molar-refractivity contribution >= 4 is 23.4 Å². The first kappa shape index (κ1) is 26.3. The predicted octanol–water partition coefficient (Wildman–Crippen LogP) is 6.06. The maximum Gasteiger partial charge on any atom is 0.416 e. The Labute approximate surface area is 214 Å². The van der Waals surface area contributed by atoms with Crippen LogP contribution in [0, 0.1) is 5.41 Å². The van der Waals surface area contributed by atoms with Gasteiger partial charge in [0.05, 0.1) is 12.2 Å². The van der Waals surface area contributed by atoms with Gasteiger partial charge in [0.2, 0.25) is 5.91 Å². The second-order valence-corrected chi connectivity index (χ2v) is 10.2. The summed E-state index contributed by atoms with van der Waals surface area (Å²) in [6.45, 7) is 2.48. The number of nitrogens with zero attached hydrogens (tertiary/aromatic N) is 2. The van der Waals surface area contributed by atoms with Gasteiger partial charge in [-0.1, -0.05) is 11.6 Å². The third kappa shape index (κ3) is 6.52. The molecule has 36 heavy (non-hydrogen) atoms. The monoisotopic (exact) mass is 522 g/mol. The van der Waals surface area contributed by atoms with E-state index in [1.807, 2.05) is 4.90 Å². The lowest BCUT2D eigenvalue weighted by Crippen LogP contribution is -2.51. The van der Waals surface area contributed by atoms with E-state index in [0.29, 0.717) is 36.7 Å². The predicted molar refractivity (Wildman–Crippen MR) is 131 cm³/mol. The van der Waals surface area contributed by atoms with Gasteiger partial charge in [0.25, 0.3) is 5.91 Å². The number of likely N-dealkylation sites (tertiary alicyclic amines) is 2. The number of hydrogen-bond donors (Lipinski definition) is 0. The van der Waals surface area contributed by atoms with Crippen LogP contribution in [0.2, 0.25) is 5.02 Å². The number of ether oxygens (including phenoxy) is 1. The van der Waals surface area contributed by atoms with Crippen molar-refractivity contribution in [1.82, 2.24) is 9.80 Å². The molecule has 0 aliphatic carbocycles. The van der Waals surface area contributed by atoms with Gasteiger partial charge >= 0.3 is 6.18 Å². The number of carbonyl (C=O) groups is 2. The fourth-order valence-electron chi connectivity index (χ4n) is 5.02. The van der Waals surface area contributed by atoms with Crippen molar-refractivity contribution in [2.75, 3.05) is 32.8 Å². The van der Waals surface area contributed by atoms with Gasteiger partial charge in [0.15, 0.2) is 0 Å². The van der Waals surface area contributed by atoms with Crippen LogP contribution < -0.4 is 4.74 Å². The lowest BCUT2D eigenvalue weighted by Gasteiger charge is -2.43. The van der Waals surface area contributed by atoms with Crippen LogP contribution >= 0.6 is 11.6 Å². The van der Waals surface area contributed by atoms with E-state index in [4.69, 9.17) is 16.3 Å². The topological polar surface area (TPSA) is 49.9 Å². The molecule has 0 spiro atoms. The van der Waals surface area contributed by atoms with E-state index in [0.717, 1.165) is 44.5 Å². The first-order valence-corrected chi connectivity index (χ1v) is 12.7. The number of rotatable bonds is 6. The van der Waals surface area contributed by atoms with E-state index >= 15 is 0 Å². The summed E-state index contributed by atoms with van der Waals surface area (Å²) in [5.41, 5.74) is -1.20. The van der Waals surface area contributed by atoms with E-state index in [1.54, 1.807) is 29.2 Å². The summed E-state index contributed by atoms with van der Waals surface area (Å²) in [4.78, 5) is 30.0. The molecule has 4 rings (SSSR count). The normalized spacial score (nSPS) is 20.8. The number of benzene rings is 2. The maximum atomic E-state index is 13.2. The van der Waals surface area contributed by atoms with Crippen LogP contribution in [0.4, 0.5) is 13.2 Å². The molecule has 2 aliphatic heterocycles. The summed E-state index contributed by atoms with van der Waals surface area (Å²) in [6.07, 6.45) is 0.245. The van der Waals surface area contributed by atoms with Gasteiger partial charge < -0.3 is 14.5 Å². The van der Waals surface area contributed by atoms with Gasteiger partial charge in [-0.3, -0.25) is 9.59 Å². The molecule has 2 heterocycles. The number of alkyl halides is 3. The Hall–Kier alpha value is -2.74. The molecular formula is C27H30ClF3N2O3. The van der Waals surface area contributed by atoms with Gasteiger partial charge in [0.1, 0.15) is 5.75 Å². The van der Waals surface area contributed by atoms with Crippen LogP contribution in [0.15, 0.2) is 48.5 Å². The van der Waals surface area contributed by atoms with Crippen LogP contribution in [0.5, 0.6) is 5.75 Å². The van der Waals surface area contributed by atoms with Crippen molar-refractivity contribution < 1.29 is 27.5 Å². The number of halogens is 4. The number of amides is 2. The summed E-state index contributed by atoms with van der Waals surface area (Å²) in [6, 6.07) is 11.2. The molecule has 5 nitrogen and oxygen atoms in total. The molecule has 2 aromatic rings. The smallest absolute Gasteiger partial charge is 0.416 e. The average Bonchev–Trinajstić information content (AvgIpc) is 2.88. The number of carbonyl (C=O) groups excluding carboxylic acids is 2. The average molecular weight is 523 g/mol. The van der Waals surface area contributed by atoms with Crippen LogP contribution in [0.25, 0.3) is 0 Å². The Bertz CT molecular complexity index is 1050.